The van der Waals surface area contributed by atoms with Gasteiger partial charge in [-0.25, -0.2) is 0 Å². The van der Waals surface area contributed by atoms with Gasteiger partial charge in [0.05, 0.1) is 16.5 Å². The topological polar surface area (TPSA) is 33.0 Å². The van der Waals surface area contributed by atoms with Gasteiger partial charge < -0.3 is 4.74 Å². The second-order valence-corrected chi connectivity index (χ2v) is 5.46. The summed E-state index contributed by atoms with van der Waals surface area (Å²) in [5.74, 6) is 0.889. The largest absolute Gasteiger partial charge is 0.488 e. The first kappa shape index (κ1) is 12.4. The van der Waals surface area contributed by atoms with Gasteiger partial charge in [-0.3, -0.25) is 0 Å². The van der Waals surface area contributed by atoms with Crippen molar-refractivity contribution in [1.82, 2.24) is 0 Å². The second-order valence-electron chi connectivity index (χ2n) is 4.61. The fourth-order valence-electron chi connectivity index (χ4n) is 2.25. The molecule has 0 aromatic heterocycles. The number of nitriles is 1. The predicted molar refractivity (Wildman–Crippen MR) is 70.9 cm³/mol. The van der Waals surface area contributed by atoms with Gasteiger partial charge >= 0.3 is 0 Å². The molecule has 1 saturated carbocycles. The van der Waals surface area contributed by atoms with E-state index in [0.29, 0.717) is 0 Å². The highest BCUT2D eigenvalue weighted by Gasteiger charge is 2.27. The maximum atomic E-state index is 9.11. The molecular formula is C14H16BrNO. The first-order valence-electron chi connectivity index (χ1n) is 6.03. The molecule has 3 heteroatoms. The maximum absolute atomic E-state index is 9.11. The molecule has 0 spiro atoms. The molecule has 90 valence electrons. The lowest BCUT2D eigenvalue weighted by Gasteiger charge is -2.27. The highest BCUT2D eigenvalue weighted by molar-refractivity contribution is 9.10. The van der Waals surface area contributed by atoms with Crippen LogP contribution in [-0.2, 0) is 0 Å². The molecule has 17 heavy (non-hydrogen) atoms. The quantitative estimate of drug-likeness (QED) is 0.818. The molecule has 0 amide bonds. The van der Waals surface area contributed by atoms with Crippen molar-refractivity contribution in [2.45, 2.75) is 38.7 Å². The molecule has 0 heterocycles. The summed E-state index contributed by atoms with van der Waals surface area (Å²) in [4.78, 5) is 0. The van der Waals surface area contributed by atoms with Crippen LogP contribution in [0.4, 0.5) is 0 Å². The third-order valence-electron chi connectivity index (χ3n) is 3.23. The van der Waals surface area contributed by atoms with E-state index in [4.69, 9.17) is 10.00 Å². The van der Waals surface area contributed by atoms with Crippen molar-refractivity contribution < 1.29 is 4.74 Å². The Kier molecular flexibility index (Phi) is 4.06. The van der Waals surface area contributed by atoms with Gasteiger partial charge in [0.15, 0.2) is 0 Å². The van der Waals surface area contributed by atoms with Crippen molar-refractivity contribution in [2.24, 2.45) is 5.92 Å². The first-order chi connectivity index (χ1) is 8.20. The summed E-state index contributed by atoms with van der Waals surface area (Å²) in [6, 6.07) is 8.41. The number of aryl methyl sites for hydroxylation is 1. The zero-order valence-electron chi connectivity index (χ0n) is 9.95. The van der Waals surface area contributed by atoms with Crippen LogP contribution < -0.4 is 4.74 Å². The minimum Gasteiger partial charge on any atom is -0.488 e. The highest BCUT2D eigenvalue weighted by Crippen LogP contribution is 2.32. The molecule has 0 N–H and O–H groups in total. The van der Waals surface area contributed by atoms with E-state index >= 15 is 0 Å². The Balaban J connectivity index is 2.11. The fraction of sp³-hybridized carbons (Fsp3) is 0.500. The Morgan fingerprint density at radius 2 is 2.12 bits per heavy atom. The summed E-state index contributed by atoms with van der Waals surface area (Å²) in [6.45, 7) is 2.05. The standard InChI is InChI=1S/C14H16BrNO/c1-10-6-7-14(12(15)8-10)17-13-5-3-2-4-11(13)9-16/h6-8,11,13H,2-5H2,1H3. The van der Waals surface area contributed by atoms with Gasteiger partial charge in [0.1, 0.15) is 11.9 Å². The van der Waals surface area contributed by atoms with Crippen LogP contribution in [0.25, 0.3) is 0 Å². The molecule has 1 aliphatic carbocycles. The number of halogens is 1. The average Bonchev–Trinajstić information content (AvgIpc) is 2.33. The number of rotatable bonds is 2. The molecule has 1 fully saturated rings. The number of benzene rings is 1. The molecule has 2 atom stereocenters. The monoisotopic (exact) mass is 293 g/mol. The summed E-state index contributed by atoms with van der Waals surface area (Å²) < 4.78 is 6.95. The van der Waals surface area contributed by atoms with Crippen LogP contribution in [0.3, 0.4) is 0 Å². The Hall–Kier alpha value is -1.01. The molecule has 0 saturated heterocycles. The summed E-state index contributed by atoms with van der Waals surface area (Å²) >= 11 is 3.51. The lowest BCUT2D eigenvalue weighted by molar-refractivity contribution is 0.119. The molecule has 2 unspecified atom stereocenters. The Labute approximate surface area is 111 Å². The van der Waals surface area contributed by atoms with E-state index < -0.39 is 0 Å². The lowest BCUT2D eigenvalue weighted by Crippen LogP contribution is -2.29. The number of hydrogen-bond acceptors (Lipinski definition) is 2. The molecule has 1 aromatic carbocycles. The van der Waals surface area contributed by atoms with Crippen molar-refractivity contribution in [3.05, 3.63) is 28.2 Å². The van der Waals surface area contributed by atoms with Crippen molar-refractivity contribution in [3.63, 3.8) is 0 Å². The van der Waals surface area contributed by atoms with Gasteiger partial charge in [0.2, 0.25) is 0 Å². The summed E-state index contributed by atoms with van der Waals surface area (Å²) in [5, 5.41) is 9.11. The summed E-state index contributed by atoms with van der Waals surface area (Å²) in [5.41, 5.74) is 1.20. The van der Waals surface area contributed by atoms with Crippen LogP contribution in [0.15, 0.2) is 22.7 Å². The smallest absolute Gasteiger partial charge is 0.133 e. The lowest BCUT2D eigenvalue weighted by atomic mass is 9.87. The van der Waals surface area contributed by atoms with Crippen molar-refractivity contribution in [3.8, 4) is 11.8 Å². The summed E-state index contributed by atoms with van der Waals surface area (Å²) in [6.07, 6.45) is 4.30. The molecule has 2 rings (SSSR count). The van der Waals surface area contributed by atoms with Gasteiger partial charge in [-0.2, -0.15) is 5.26 Å². The average molecular weight is 294 g/mol. The molecule has 1 aromatic rings. The van der Waals surface area contributed by atoms with Gasteiger partial charge in [-0.05, 0) is 59.8 Å². The van der Waals surface area contributed by atoms with Gasteiger partial charge in [-0.1, -0.05) is 12.5 Å². The highest BCUT2D eigenvalue weighted by atomic mass is 79.9. The van der Waals surface area contributed by atoms with Crippen LogP contribution in [0, 0.1) is 24.2 Å². The normalized spacial score (nSPS) is 24.1. The molecule has 0 radical (unpaired) electrons. The Morgan fingerprint density at radius 3 is 2.82 bits per heavy atom. The molecule has 1 aliphatic rings. The third kappa shape index (κ3) is 3.01. The number of nitrogens with zero attached hydrogens (tertiary/aromatic N) is 1. The fourth-order valence-corrected chi connectivity index (χ4v) is 2.84. The second kappa shape index (κ2) is 5.55. The third-order valence-corrected chi connectivity index (χ3v) is 3.85. The van der Waals surface area contributed by atoms with Crippen molar-refractivity contribution >= 4 is 15.9 Å². The van der Waals surface area contributed by atoms with E-state index in [9.17, 15) is 0 Å². The van der Waals surface area contributed by atoms with Crippen molar-refractivity contribution in [2.75, 3.05) is 0 Å². The van der Waals surface area contributed by atoms with Crippen molar-refractivity contribution in [1.29, 1.82) is 5.26 Å². The summed E-state index contributed by atoms with van der Waals surface area (Å²) in [7, 11) is 0. The maximum Gasteiger partial charge on any atom is 0.133 e. The Bertz CT molecular complexity index is 438. The van der Waals surface area contributed by atoms with E-state index in [1.54, 1.807) is 0 Å². The van der Waals surface area contributed by atoms with E-state index in [0.717, 1.165) is 35.9 Å². The SMILES string of the molecule is Cc1ccc(OC2CCCCC2C#N)c(Br)c1. The van der Waals surface area contributed by atoms with Crippen LogP contribution in [-0.4, -0.2) is 6.10 Å². The van der Waals surface area contributed by atoms with E-state index in [-0.39, 0.29) is 12.0 Å². The molecule has 0 bridgehead atoms. The number of ether oxygens (including phenoxy) is 1. The van der Waals surface area contributed by atoms with E-state index in [2.05, 4.69) is 22.0 Å². The Morgan fingerprint density at radius 1 is 1.35 bits per heavy atom. The van der Waals surface area contributed by atoms with Gasteiger partial charge in [0, 0.05) is 0 Å². The molecule has 2 nitrogen and oxygen atoms in total. The van der Waals surface area contributed by atoms with Crippen LogP contribution in [0.5, 0.6) is 5.75 Å². The van der Waals surface area contributed by atoms with E-state index in [1.165, 1.54) is 5.56 Å². The van der Waals surface area contributed by atoms with Crippen LogP contribution in [0.2, 0.25) is 0 Å². The van der Waals surface area contributed by atoms with Gasteiger partial charge in [-0.15, -0.1) is 0 Å². The molecule has 0 aliphatic heterocycles. The van der Waals surface area contributed by atoms with Gasteiger partial charge in [0.25, 0.3) is 0 Å². The number of hydrogen-bond donors (Lipinski definition) is 0. The predicted octanol–water partition coefficient (Wildman–Crippen LogP) is 4.22. The minimum atomic E-state index is 0.0388. The van der Waals surface area contributed by atoms with E-state index in [1.807, 2.05) is 25.1 Å². The molecular weight excluding hydrogens is 278 g/mol. The zero-order chi connectivity index (χ0) is 12.3. The van der Waals surface area contributed by atoms with Crippen LogP contribution >= 0.6 is 15.9 Å². The van der Waals surface area contributed by atoms with Crippen LogP contribution in [0.1, 0.15) is 31.2 Å². The zero-order valence-corrected chi connectivity index (χ0v) is 11.5. The first-order valence-corrected chi connectivity index (χ1v) is 6.82. The minimum absolute atomic E-state index is 0.0388.